The number of piperidine rings is 1. The van der Waals surface area contributed by atoms with Crippen LogP contribution in [0.4, 0.5) is 4.79 Å². The molecule has 0 saturated carbocycles. The summed E-state index contributed by atoms with van der Waals surface area (Å²) in [5.41, 5.74) is 0.500. The summed E-state index contributed by atoms with van der Waals surface area (Å²) >= 11 is 0. The first-order valence-electron chi connectivity index (χ1n) is 8.19. The number of carbonyl (C=O) groups is 2. The number of ether oxygens (including phenoxy) is 1. The molecule has 2 aliphatic heterocycles. The molecule has 0 spiro atoms. The third-order valence-electron chi connectivity index (χ3n) is 4.26. The molecule has 6 heteroatoms. The van der Waals surface area contributed by atoms with Gasteiger partial charge in [0, 0.05) is 31.6 Å². The van der Waals surface area contributed by atoms with E-state index in [9.17, 15) is 9.59 Å². The molecule has 0 atom stereocenters. The molecular formula is C17H24N2O4. The standard InChI is InChI=1S/C17H24N2O4/c1-17(2,3)23-16(21)19-6-4-11(5-7-19)8-13-9-12-10-18-15(20)14(12)22-13/h9,11H,4-8,10H2,1-3H3,(H,18,20). The van der Waals surface area contributed by atoms with E-state index in [1.807, 2.05) is 26.8 Å². The molecule has 1 N–H and O–H groups in total. The molecule has 126 valence electrons. The second-order valence-electron chi connectivity index (χ2n) is 7.36. The Balaban J connectivity index is 1.51. The van der Waals surface area contributed by atoms with Crippen LogP contribution in [0.25, 0.3) is 0 Å². The molecule has 0 unspecified atom stereocenters. The monoisotopic (exact) mass is 320 g/mol. The lowest BCUT2D eigenvalue weighted by Crippen LogP contribution is -2.42. The Morgan fingerprint density at radius 1 is 1.39 bits per heavy atom. The van der Waals surface area contributed by atoms with Gasteiger partial charge in [0.05, 0.1) is 0 Å². The Morgan fingerprint density at radius 3 is 2.70 bits per heavy atom. The van der Waals surface area contributed by atoms with Gasteiger partial charge >= 0.3 is 6.09 Å². The highest BCUT2D eigenvalue weighted by molar-refractivity contribution is 5.95. The van der Waals surface area contributed by atoms with Crippen molar-refractivity contribution in [2.24, 2.45) is 5.92 Å². The van der Waals surface area contributed by atoms with Crippen LogP contribution < -0.4 is 5.32 Å². The zero-order valence-electron chi connectivity index (χ0n) is 14.0. The minimum Gasteiger partial charge on any atom is -0.456 e. The molecule has 0 bridgehead atoms. The number of carbonyl (C=O) groups excluding carboxylic acids is 2. The van der Waals surface area contributed by atoms with Crippen LogP contribution >= 0.6 is 0 Å². The second-order valence-corrected chi connectivity index (χ2v) is 7.36. The Morgan fingerprint density at radius 2 is 2.09 bits per heavy atom. The molecule has 3 heterocycles. The van der Waals surface area contributed by atoms with Gasteiger partial charge in [-0.2, -0.15) is 0 Å². The van der Waals surface area contributed by atoms with Gasteiger partial charge in [0.25, 0.3) is 5.91 Å². The number of likely N-dealkylation sites (tertiary alicyclic amines) is 1. The van der Waals surface area contributed by atoms with E-state index in [1.54, 1.807) is 4.90 Å². The van der Waals surface area contributed by atoms with Crippen LogP contribution in [-0.4, -0.2) is 35.6 Å². The molecular weight excluding hydrogens is 296 g/mol. The van der Waals surface area contributed by atoms with Crippen LogP contribution in [0.15, 0.2) is 10.5 Å². The summed E-state index contributed by atoms with van der Waals surface area (Å²) in [6.07, 6.45) is 2.44. The van der Waals surface area contributed by atoms with E-state index >= 15 is 0 Å². The first kappa shape index (κ1) is 15.9. The van der Waals surface area contributed by atoms with Crippen molar-refractivity contribution in [2.45, 2.75) is 52.2 Å². The van der Waals surface area contributed by atoms with Gasteiger partial charge in [0.2, 0.25) is 0 Å². The molecule has 2 aliphatic rings. The molecule has 1 fully saturated rings. The third-order valence-corrected chi connectivity index (χ3v) is 4.26. The van der Waals surface area contributed by atoms with Gasteiger partial charge in [0.1, 0.15) is 11.4 Å². The maximum Gasteiger partial charge on any atom is 0.410 e. The average Bonchev–Trinajstić information content (AvgIpc) is 3.00. The first-order valence-corrected chi connectivity index (χ1v) is 8.19. The fourth-order valence-electron chi connectivity index (χ4n) is 3.10. The molecule has 1 aromatic heterocycles. The van der Waals surface area contributed by atoms with Gasteiger partial charge in [-0.25, -0.2) is 4.79 Å². The fourth-order valence-corrected chi connectivity index (χ4v) is 3.10. The molecule has 0 aliphatic carbocycles. The Hall–Kier alpha value is -1.98. The number of hydrogen-bond acceptors (Lipinski definition) is 4. The van der Waals surface area contributed by atoms with Gasteiger partial charge in [-0.05, 0) is 45.6 Å². The summed E-state index contributed by atoms with van der Waals surface area (Å²) < 4.78 is 11.1. The largest absolute Gasteiger partial charge is 0.456 e. The summed E-state index contributed by atoms with van der Waals surface area (Å²) in [5, 5.41) is 2.74. The minimum atomic E-state index is -0.455. The van der Waals surface area contributed by atoms with Gasteiger partial charge in [-0.1, -0.05) is 0 Å². The summed E-state index contributed by atoms with van der Waals surface area (Å²) in [4.78, 5) is 25.4. The lowest BCUT2D eigenvalue weighted by molar-refractivity contribution is 0.0182. The van der Waals surface area contributed by atoms with E-state index in [1.165, 1.54) is 0 Å². The fraction of sp³-hybridized carbons (Fsp3) is 0.647. The van der Waals surface area contributed by atoms with Gasteiger partial charge in [-0.15, -0.1) is 0 Å². The SMILES string of the molecule is CC(C)(C)OC(=O)N1CCC(Cc2cc3c(o2)C(=O)NC3)CC1. The number of nitrogens with zero attached hydrogens (tertiary/aromatic N) is 1. The number of hydrogen-bond donors (Lipinski definition) is 1. The molecule has 1 saturated heterocycles. The predicted molar refractivity (Wildman–Crippen MR) is 84.1 cm³/mol. The van der Waals surface area contributed by atoms with Gasteiger partial charge in [-0.3, -0.25) is 4.79 Å². The second kappa shape index (κ2) is 5.91. The number of nitrogens with one attached hydrogen (secondary N) is 1. The summed E-state index contributed by atoms with van der Waals surface area (Å²) in [7, 11) is 0. The number of rotatable bonds is 2. The van der Waals surface area contributed by atoms with Crippen molar-refractivity contribution >= 4 is 12.0 Å². The van der Waals surface area contributed by atoms with Crippen molar-refractivity contribution in [3.8, 4) is 0 Å². The third kappa shape index (κ3) is 3.68. The highest BCUT2D eigenvalue weighted by Crippen LogP contribution is 2.27. The quantitative estimate of drug-likeness (QED) is 0.909. The lowest BCUT2D eigenvalue weighted by Gasteiger charge is -2.33. The van der Waals surface area contributed by atoms with Crippen molar-refractivity contribution in [1.29, 1.82) is 0 Å². The van der Waals surface area contributed by atoms with E-state index < -0.39 is 5.60 Å². The lowest BCUT2D eigenvalue weighted by atomic mass is 9.92. The van der Waals surface area contributed by atoms with Crippen LogP contribution in [0, 0.1) is 5.92 Å². The zero-order valence-corrected chi connectivity index (χ0v) is 14.0. The molecule has 2 amide bonds. The van der Waals surface area contributed by atoms with Crippen LogP contribution in [-0.2, 0) is 17.7 Å². The number of fused-ring (bicyclic) bond motifs is 1. The topological polar surface area (TPSA) is 71.8 Å². The van der Waals surface area contributed by atoms with Crippen molar-refractivity contribution in [2.75, 3.05) is 13.1 Å². The van der Waals surface area contributed by atoms with E-state index in [0.717, 1.165) is 30.6 Å². The normalized spacial score (nSPS) is 18.7. The summed E-state index contributed by atoms with van der Waals surface area (Å²) in [6.45, 7) is 7.62. The van der Waals surface area contributed by atoms with Crippen LogP contribution in [0.2, 0.25) is 0 Å². The van der Waals surface area contributed by atoms with Gasteiger partial charge < -0.3 is 19.4 Å². The molecule has 0 radical (unpaired) electrons. The number of amides is 2. The smallest absolute Gasteiger partial charge is 0.410 e. The molecule has 1 aromatic rings. The zero-order chi connectivity index (χ0) is 16.6. The first-order chi connectivity index (χ1) is 10.8. The van der Waals surface area contributed by atoms with Crippen molar-refractivity contribution in [3.63, 3.8) is 0 Å². The molecule has 0 aromatic carbocycles. The molecule has 23 heavy (non-hydrogen) atoms. The van der Waals surface area contributed by atoms with Crippen LogP contribution in [0.1, 0.15) is 55.5 Å². The average molecular weight is 320 g/mol. The van der Waals surface area contributed by atoms with E-state index in [0.29, 0.717) is 31.3 Å². The summed E-state index contributed by atoms with van der Waals surface area (Å²) in [5.74, 6) is 1.70. The molecule has 3 rings (SSSR count). The van der Waals surface area contributed by atoms with E-state index in [2.05, 4.69) is 5.32 Å². The van der Waals surface area contributed by atoms with E-state index in [4.69, 9.17) is 9.15 Å². The predicted octanol–water partition coefficient (Wildman–Crippen LogP) is 2.71. The van der Waals surface area contributed by atoms with Crippen molar-refractivity contribution in [1.82, 2.24) is 10.2 Å². The minimum absolute atomic E-state index is 0.119. The Labute approximate surface area is 136 Å². The van der Waals surface area contributed by atoms with Crippen LogP contribution in [0.5, 0.6) is 0 Å². The number of furan rings is 1. The van der Waals surface area contributed by atoms with Crippen molar-refractivity contribution < 1.29 is 18.7 Å². The Kier molecular flexibility index (Phi) is 4.08. The van der Waals surface area contributed by atoms with Crippen molar-refractivity contribution in [3.05, 3.63) is 23.2 Å². The highest BCUT2D eigenvalue weighted by atomic mass is 16.6. The highest BCUT2D eigenvalue weighted by Gasteiger charge is 2.29. The van der Waals surface area contributed by atoms with Crippen LogP contribution in [0.3, 0.4) is 0 Å². The molecule has 6 nitrogen and oxygen atoms in total. The maximum absolute atomic E-state index is 12.1. The summed E-state index contributed by atoms with van der Waals surface area (Å²) in [6, 6.07) is 1.98. The Bertz CT molecular complexity index is 607. The van der Waals surface area contributed by atoms with E-state index in [-0.39, 0.29) is 12.0 Å². The van der Waals surface area contributed by atoms with Gasteiger partial charge in [0.15, 0.2) is 5.76 Å². The maximum atomic E-state index is 12.1.